The van der Waals surface area contributed by atoms with Gasteiger partial charge in [0.15, 0.2) is 5.96 Å². The first-order valence-electron chi connectivity index (χ1n) is 8.74. The maximum Gasteiger partial charge on any atom is 0.191 e. The first-order chi connectivity index (χ1) is 12.1. The third kappa shape index (κ3) is 6.58. The van der Waals surface area contributed by atoms with Gasteiger partial charge in [0.25, 0.3) is 0 Å². The smallest absolute Gasteiger partial charge is 0.191 e. The average molecular weight is 342 g/mol. The number of aryl methyl sites for hydroxylation is 1. The molecule has 0 saturated carbocycles. The van der Waals surface area contributed by atoms with Crippen molar-refractivity contribution in [3.05, 3.63) is 53.9 Å². The summed E-state index contributed by atoms with van der Waals surface area (Å²) in [6.07, 6.45) is 4.92. The van der Waals surface area contributed by atoms with E-state index in [1.165, 1.54) is 5.56 Å². The number of guanidine groups is 1. The zero-order valence-corrected chi connectivity index (χ0v) is 15.7. The van der Waals surface area contributed by atoms with Crippen molar-refractivity contribution in [3.63, 3.8) is 0 Å². The number of aromatic nitrogens is 2. The lowest BCUT2D eigenvalue weighted by molar-refractivity contribution is 0.238. The molecule has 1 aromatic carbocycles. The quantitative estimate of drug-likeness (QED) is 0.569. The van der Waals surface area contributed by atoms with Crippen LogP contribution < -0.4 is 10.6 Å². The van der Waals surface area contributed by atoms with Crippen molar-refractivity contribution in [2.24, 2.45) is 12.0 Å². The third-order valence-electron chi connectivity index (χ3n) is 4.32. The third-order valence-corrected chi connectivity index (χ3v) is 4.32. The van der Waals surface area contributed by atoms with Crippen molar-refractivity contribution in [1.29, 1.82) is 0 Å². The fourth-order valence-electron chi connectivity index (χ4n) is 2.62. The minimum atomic E-state index is 0.490. The number of rotatable bonds is 8. The van der Waals surface area contributed by atoms with Gasteiger partial charge in [-0.1, -0.05) is 30.3 Å². The van der Waals surface area contributed by atoms with E-state index in [9.17, 15) is 0 Å². The summed E-state index contributed by atoms with van der Waals surface area (Å²) in [5.41, 5.74) is 2.49. The normalized spacial score (nSPS) is 13.1. The Morgan fingerprint density at radius 3 is 2.64 bits per heavy atom. The van der Waals surface area contributed by atoms with Gasteiger partial charge >= 0.3 is 0 Å². The minimum absolute atomic E-state index is 0.490. The Hall–Kier alpha value is -2.34. The van der Waals surface area contributed by atoms with Crippen LogP contribution in [-0.4, -0.2) is 47.3 Å². The summed E-state index contributed by atoms with van der Waals surface area (Å²) in [7, 11) is 5.89. The molecule has 0 aliphatic rings. The summed E-state index contributed by atoms with van der Waals surface area (Å²) in [4.78, 5) is 6.65. The van der Waals surface area contributed by atoms with Gasteiger partial charge in [0.2, 0.25) is 0 Å². The molecule has 0 radical (unpaired) electrons. The molecule has 0 amide bonds. The van der Waals surface area contributed by atoms with Gasteiger partial charge in [0.1, 0.15) is 0 Å². The molecule has 1 atom stereocenters. The van der Waals surface area contributed by atoms with Gasteiger partial charge in [-0.25, -0.2) is 0 Å². The van der Waals surface area contributed by atoms with E-state index in [1.807, 2.05) is 19.4 Å². The molecule has 1 unspecified atom stereocenters. The zero-order valence-electron chi connectivity index (χ0n) is 15.7. The molecular formula is C19H30N6. The molecule has 0 aliphatic heterocycles. The lowest BCUT2D eigenvalue weighted by Crippen LogP contribution is -2.39. The van der Waals surface area contributed by atoms with Crippen LogP contribution in [0, 0.1) is 0 Å². The van der Waals surface area contributed by atoms with Crippen molar-refractivity contribution in [1.82, 2.24) is 25.3 Å². The highest BCUT2D eigenvalue weighted by Crippen LogP contribution is 2.07. The number of hydrogen-bond acceptors (Lipinski definition) is 3. The predicted octanol–water partition coefficient (Wildman–Crippen LogP) is 2.00. The molecule has 0 spiro atoms. The maximum absolute atomic E-state index is 4.27. The molecule has 6 heteroatoms. The van der Waals surface area contributed by atoms with Crippen LogP contribution >= 0.6 is 0 Å². The topological polar surface area (TPSA) is 57.5 Å². The van der Waals surface area contributed by atoms with Gasteiger partial charge in [-0.2, -0.15) is 5.10 Å². The van der Waals surface area contributed by atoms with Crippen LogP contribution in [0.15, 0.2) is 47.7 Å². The number of hydrogen-bond donors (Lipinski definition) is 2. The highest BCUT2D eigenvalue weighted by molar-refractivity contribution is 5.79. The average Bonchev–Trinajstić information content (AvgIpc) is 3.04. The van der Waals surface area contributed by atoms with Crippen LogP contribution in [0.25, 0.3) is 0 Å². The van der Waals surface area contributed by atoms with E-state index in [0.29, 0.717) is 6.04 Å². The molecule has 2 N–H and O–H groups in total. The Morgan fingerprint density at radius 1 is 1.24 bits per heavy atom. The van der Waals surface area contributed by atoms with E-state index in [1.54, 1.807) is 11.7 Å². The van der Waals surface area contributed by atoms with E-state index in [0.717, 1.165) is 37.6 Å². The van der Waals surface area contributed by atoms with Crippen LogP contribution in [0.1, 0.15) is 24.5 Å². The van der Waals surface area contributed by atoms with Crippen LogP contribution in [-0.2, 0) is 20.1 Å². The highest BCUT2D eigenvalue weighted by atomic mass is 15.2. The number of benzene rings is 1. The first-order valence-corrected chi connectivity index (χ1v) is 8.74. The summed E-state index contributed by atoms with van der Waals surface area (Å²) < 4.78 is 1.80. The van der Waals surface area contributed by atoms with E-state index in [-0.39, 0.29) is 0 Å². The van der Waals surface area contributed by atoms with E-state index in [4.69, 9.17) is 0 Å². The summed E-state index contributed by atoms with van der Waals surface area (Å²) in [6, 6.07) is 11.1. The van der Waals surface area contributed by atoms with E-state index < -0.39 is 0 Å². The van der Waals surface area contributed by atoms with Crippen molar-refractivity contribution in [2.45, 2.75) is 32.5 Å². The summed E-state index contributed by atoms with van der Waals surface area (Å²) in [5.74, 6) is 0.821. The molecule has 2 aromatic rings. The number of aliphatic imine (C=N–C) groups is 1. The van der Waals surface area contributed by atoms with Gasteiger partial charge in [-0.3, -0.25) is 14.6 Å². The minimum Gasteiger partial charge on any atom is -0.356 e. The van der Waals surface area contributed by atoms with E-state index >= 15 is 0 Å². The molecule has 0 bridgehead atoms. The Labute approximate surface area is 151 Å². The molecule has 0 aliphatic carbocycles. The maximum atomic E-state index is 4.27. The molecule has 1 aromatic heterocycles. The molecule has 2 rings (SSSR count). The van der Waals surface area contributed by atoms with Crippen molar-refractivity contribution in [3.8, 4) is 0 Å². The van der Waals surface area contributed by atoms with Gasteiger partial charge in [0, 0.05) is 51.5 Å². The Bertz CT molecular complexity index is 649. The Balaban J connectivity index is 1.68. The van der Waals surface area contributed by atoms with Crippen molar-refractivity contribution >= 4 is 5.96 Å². The summed E-state index contributed by atoms with van der Waals surface area (Å²) in [6.45, 7) is 4.83. The second kappa shape index (κ2) is 9.84. The van der Waals surface area contributed by atoms with Crippen molar-refractivity contribution in [2.75, 3.05) is 20.6 Å². The van der Waals surface area contributed by atoms with Gasteiger partial charge in [0.05, 0.1) is 6.20 Å². The SMILES string of the molecule is CN=C(NCCC(C)N(C)Cc1ccccc1)NCc1cnn(C)c1. The lowest BCUT2D eigenvalue weighted by atomic mass is 10.1. The number of nitrogens with one attached hydrogen (secondary N) is 2. The fraction of sp³-hybridized carbons (Fsp3) is 0.474. The molecular weight excluding hydrogens is 312 g/mol. The van der Waals surface area contributed by atoms with Gasteiger partial charge < -0.3 is 10.6 Å². The zero-order chi connectivity index (χ0) is 18.1. The molecule has 1 heterocycles. The monoisotopic (exact) mass is 342 g/mol. The first kappa shape index (κ1) is 19.0. The fourth-order valence-corrected chi connectivity index (χ4v) is 2.62. The predicted molar refractivity (Wildman–Crippen MR) is 103 cm³/mol. The Morgan fingerprint density at radius 2 is 2.00 bits per heavy atom. The van der Waals surface area contributed by atoms with Crippen LogP contribution in [0.5, 0.6) is 0 Å². The second-order valence-electron chi connectivity index (χ2n) is 6.41. The largest absolute Gasteiger partial charge is 0.356 e. The standard InChI is InChI=1S/C19H30N6/c1-16(24(3)14-17-8-6-5-7-9-17)10-11-21-19(20-2)22-12-18-13-23-25(4)15-18/h5-9,13,15-16H,10-12,14H2,1-4H3,(H2,20,21,22). The second-order valence-corrected chi connectivity index (χ2v) is 6.41. The highest BCUT2D eigenvalue weighted by Gasteiger charge is 2.09. The number of nitrogens with zero attached hydrogens (tertiary/aromatic N) is 4. The lowest BCUT2D eigenvalue weighted by Gasteiger charge is -2.25. The van der Waals surface area contributed by atoms with Crippen molar-refractivity contribution < 1.29 is 0 Å². The molecule has 136 valence electrons. The van der Waals surface area contributed by atoms with Crippen LogP contribution in [0.2, 0.25) is 0 Å². The van der Waals surface area contributed by atoms with Gasteiger partial charge in [-0.05, 0) is 26.0 Å². The molecule has 6 nitrogen and oxygen atoms in total. The van der Waals surface area contributed by atoms with Gasteiger partial charge in [-0.15, -0.1) is 0 Å². The Kier molecular flexibility index (Phi) is 7.47. The summed E-state index contributed by atoms with van der Waals surface area (Å²) in [5, 5.41) is 10.9. The molecule has 0 saturated heterocycles. The van der Waals surface area contributed by atoms with Crippen LogP contribution in [0.4, 0.5) is 0 Å². The summed E-state index contributed by atoms with van der Waals surface area (Å²) >= 11 is 0. The molecule has 0 fully saturated rings. The van der Waals surface area contributed by atoms with Crippen LogP contribution in [0.3, 0.4) is 0 Å². The van der Waals surface area contributed by atoms with E-state index in [2.05, 4.69) is 69.9 Å². The molecule has 25 heavy (non-hydrogen) atoms.